The number of amidine groups is 1. The SMILES string of the molecule is COC(=O)CCc1ccc(-n2c(C)nn(-c3ccc(C(=N)NC(=O)OC)cc3)c2=O)cc1. The Bertz CT molecular complexity index is 1190. The lowest BCUT2D eigenvalue weighted by Gasteiger charge is -2.07. The van der Waals surface area contributed by atoms with Crippen LogP contribution >= 0.6 is 0 Å². The summed E-state index contributed by atoms with van der Waals surface area (Å²) in [6.45, 7) is 1.73. The Kier molecular flexibility index (Phi) is 6.83. The van der Waals surface area contributed by atoms with Gasteiger partial charge in [-0.05, 0) is 55.3 Å². The number of esters is 1. The number of nitrogens with one attached hydrogen (secondary N) is 2. The third-order valence-corrected chi connectivity index (χ3v) is 4.79. The lowest BCUT2D eigenvalue weighted by molar-refractivity contribution is -0.140. The first-order valence-electron chi connectivity index (χ1n) is 9.73. The molecule has 10 heteroatoms. The number of alkyl carbamates (subject to hydrolysis) is 1. The molecule has 3 aromatic rings. The molecule has 166 valence electrons. The van der Waals surface area contributed by atoms with Crippen LogP contribution in [-0.2, 0) is 20.7 Å². The summed E-state index contributed by atoms with van der Waals surface area (Å²) < 4.78 is 11.9. The largest absolute Gasteiger partial charge is 0.469 e. The maximum absolute atomic E-state index is 13.0. The summed E-state index contributed by atoms with van der Waals surface area (Å²) in [5, 5.41) is 14.5. The van der Waals surface area contributed by atoms with Gasteiger partial charge in [-0.3, -0.25) is 15.5 Å². The van der Waals surface area contributed by atoms with E-state index in [-0.39, 0.29) is 23.9 Å². The van der Waals surface area contributed by atoms with Crippen LogP contribution in [0.15, 0.2) is 53.3 Å². The average molecular weight is 437 g/mol. The minimum atomic E-state index is -0.735. The van der Waals surface area contributed by atoms with E-state index in [1.54, 1.807) is 43.3 Å². The molecule has 2 N–H and O–H groups in total. The number of carbonyl (C=O) groups is 2. The molecule has 0 aliphatic rings. The van der Waals surface area contributed by atoms with Crippen LogP contribution < -0.4 is 11.0 Å². The number of nitrogens with zero attached hydrogens (tertiary/aromatic N) is 3. The molecule has 0 atom stereocenters. The Morgan fingerprint density at radius 3 is 2.22 bits per heavy atom. The first-order chi connectivity index (χ1) is 15.3. The zero-order chi connectivity index (χ0) is 23.3. The second kappa shape index (κ2) is 9.73. The number of carbonyl (C=O) groups excluding carboxylic acids is 2. The minimum absolute atomic E-state index is 0.121. The molecule has 0 radical (unpaired) electrons. The van der Waals surface area contributed by atoms with Crippen molar-refractivity contribution >= 4 is 17.9 Å². The number of amides is 1. The van der Waals surface area contributed by atoms with Gasteiger partial charge in [-0.2, -0.15) is 4.68 Å². The van der Waals surface area contributed by atoms with Crippen molar-refractivity contribution in [3.05, 3.63) is 76.0 Å². The van der Waals surface area contributed by atoms with Gasteiger partial charge in [-0.25, -0.2) is 14.2 Å². The maximum Gasteiger partial charge on any atom is 0.412 e. The summed E-state index contributed by atoms with van der Waals surface area (Å²) in [5.41, 5.74) is 2.23. The Balaban J connectivity index is 1.82. The second-order valence-corrected chi connectivity index (χ2v) is 6.86. The molecular weight excluding hydrogens is 414 g/mol. The summed E-state index contributed by atoms with van der Waals surface area (Å²) in [6.07, 6.45) is 0.0998. The number of aryl methyl sites for hydroxylation is 2. The first-order valence-corrected chi connectivity index (χ1v) is 9.73. The zero-order valence-electron chi connectivity index (χ0n) is 17.9. The van der Waals surface area contributed by atoms with E-state index in [0.717, 1.165) is 5.56 Å². The maximum atomic E-state index is 13.0. The molecule has 3 rings (SSSR count). The summed E-state index contributed by atoms with van der Waals surface area (Å²) in [4.78, 5) is 35.6. The molecule has 0 aliphatic heterocycles. The topological polar surface area (TPSA) is 128 Å². The molecular formula is C22H23N5O5. The molecule has 32 heavy (non-hydrogen) atoms. The molecule has 1 amide bonds. The number of rotatable bonds is 6. The van der Waals surface area contributed by atoms with Gasteiger partial charge >= 0.3 is 17.8 Å². The van der Waals surface area contributed by atoms with E-state index < -0.39 is 6.09 Å². The van der Waals surface area contributed by atoms with Crippen LogP contribution in [0, 0.1) is 12.3 Å². The fraction of sp³-hybridized carbons (Fsp3) is 0.227. The van der Waals surface area contributed by atoms with Crippen molar-refractivity contribution < 1.29 is 19.1 Å². The lowest BCUT2D eigenvalue weighted by Crippen LogP contribution is -2.30. The second-order valence-electron chi connectivity index (χ2n) is 6.86. The van der Waals surface area contributed by atoms with E-state index in [4.69, 9.17) is 5.41 Å². The molecule has 0 spiro atoms. The van der Waals surface area contributed by atoms with Crippen LogP contribution in [0.4, 0.5) is 4.79 Å². The van der Waals surface area contributed by atoms with Crippen LogP contribution in [0.25, 0.3) is 11.4 Å². The van der Waals surface area contributed by atoms with Gasteiger partial charge in [0.25, 0.3) is 0 Å². The quantitative estimate of drug-likeness (QED) is 0.345. The monoisotopic (exact) mass is 437 g/mol. The van der Waals surface area contributed by atoms with Gasteiger partial charge in [-0.1, -0.05) is 12.1 Å². The summed E-state index contributed by atoms with van der Waals surface area (Å²) in [6, 6.07) is 13.8. The minimum Gasteiger partial charge on any atom is -0.469 e. The van der Waals surface area contributed by atoms with Crippen LogP contribution in [0.1, 0.15) is 23.4 Å². The van der Waals surface area contributed by atoms with Gasteiger partial charge in [0.15, 0.2) is 0 Å². The molecule has 1 heterocycles. The third kappa shape index (κ3) is 4.91. The third-order valence-electron chi connectivity index (χ3n) is 4.79. The standard InChI is InChI=1S/C22H23N5O5/c1-14-25-27(18-11-7-16(8-12-18)20(23)24-21(29)32-3)22(30)26(14)17-9-4-15(5-10-17)6-13-19(28)31-2/h4-5,7-12H,6,13H2,1-3H3,(H2,23,24,29). The number of ether oxygens (including phenoxy) is 2. The van der Waals surface area contributed by atoms with Gasteiger partial charge < -0.3 is 9.47 Å². The Morgan fingerprint density at radius 2 is 1.62 bits per heavy atom. The first kappa shape index (κ1) is 22.5. The Hall–Kier alpha value is -4.21. The predicted molar refractivity (Wildman–Crippen MR) is 117 cm³/mol. The van der Waals surface area contributed by atoms with Crippen molar-refractivity contribution in [2.75, 3.05) is 14.2 Å². The van der Waals surface area contributed by atoms with Crippen LogP contribution in [0.5, 0.6) is 0 Å². The summed E-state index contributed by atoms with van der Waals surface area (Å²) in [7, 11) is 2.57. The molecule has 0 aliphatic carbocycles. The predicted octanol–water partition coefficient (Wildman–Crippen LogP) is 2.12. The Morgan fingerprint density at radius 1 is 1.00 bits per heavy atom. The highest BCUT2D eigenvalue weighted by Gasteiger charge is 2.14. The molecule has 0 bridgehead atoms. The van der Waals surface area contributed by atoms with Crippen LogP contribution in [0.3, 0.4) is 0 Å². The van der Waals surface area contributed by atoms with Crippen molar-refractivity contribution in [1.29, 1.82) is 5.41 Å². The van der Waals surface area contributed by atoms with E-state index in [1.165, 1.54) is 23.5 Å². The summed E-state index contributed by atoms with van der Waals surface area (Å²) >= 11 is 0. The smallest absolute Gasteiger partial charge is 0.412 e. The van der Waals surface area contributed by atoms with Crippen LogP contribution in [0.2, 0.25) is 0 Å². The van der Waals surface area contributed by atoms with Gasteiger partial charge in [-0.15, -0.1) is 5.10 Å². The summed E-state index contributed by atoms with van der Waals surface area (Å²) in [5.74, 6) is 0.107. The highest BCUT2D eigenvalue weighted by atomic mass is 16.5. The van der Waals surface area contributed by atoms with Crippen LogP contribution in [-0.4, -0.2) is 46.5 Å². The van der Waals surface area contributed by atoms with Crippen molar-refractivity contribution in [3.8, 4) is 11.4 Å². The molecule has 0 unspecified atom stereocenters. The molecule has 2 aromatic carbocycles. The van der Waals surface area contributed by atoms with Crippen molar-refractivity contribution in [1.82, 2.24) is 19.7 Å². The van der Waals surface area contributed by atoms with Crippen molar-refractivity contribution in [3.63, 3.8) is 0 Å². The van der Waals surface area contributed by atoms with E-state index in [0.29, 0.717) is 29.2 Å². The van der Waals surface area contributed by atoms with E-state index in [1.807, 2.05) is 12.1 Å². The highest BCUT2D eigenvalue weighted by Crippen LogP contribution is 2.13. The zero-order valence-corrected chi connectivity index (χ0v) is 17.9. The fourth-order valence-electron chi connectivity index (χ4n) is 3.09. The molecule has 1 aromatic heterocycles. The van der Waals surface area contributed by atoms with E-state index in [9.17, 15) is 14.4 Å². The normalized spacial score (nSPS) is 10.5. The average Bonchev–Trinajstić information content (AvgIpc) is 3.11. The molecule has 0 saturated carbocycles. The van der Waals surface area contributed by atoms with Crippen molar-refractivity contribution in [2.24, 2.45) is 0 Å². The van der Waals surface area contributed by atoms with Gasteiger partial charge in [0.1, 0.15) is 11.7 Å². The van der Waals surface area contributed by atoms with Gasteiger partial charge in [0.05, 0.1) is 25.6 Å². The highest BCUT2D eigenvalue weighted by molar-refractivity contribution is 6.04. The van der Waals surface area contributed by atoms with Gasteiger partial charge in [0, 0.05) is 12.0 Å². The number of aromatic nitrogens is 3. The van der Waals surface area contributed by atoms with Gasteiger partial charge in [0.2, 0.25) is 0 Å². The molecule has 10 nitrogen and oxygen atoms in total. The molecule has 0 fully saturated rings. The lowest BCUT2D eigenvalue weighted by atomic mass is 10.1. The van der Waals surface area contributed by atoms with E-state index in [2.05, 4.69) is 19.9 Å². The molecule has 0 saturated heterocycles. The number of methoxy groups -OCH3 is 2. The number of hydrogen-bond donors (Lipinski definition) is 2. The van der Waals surface area contributed by atoms with E-state index >= 15 is 0 Å². The van der Waals surface area contributed by atoms with Crippen molar-refractivity contribution in [2.45, 2.75) is 19.8 Å². The number of benzene rings is 2. The fourth-order valence-corrected chi connectivity index (χ4v) is 3.09. The Labute approximate surface area is 183 Å². The number of hydrogen-bond acceptors (Lipinski definition) is 7.